The number of hydrogen-bond donors (Lipinski definition) is 1. The van der Waals surface area contributed by atoms with E-state index in [1.165, 1.54) is 12.8 Å². The van der Waals surface area contributed by atoms with Crippen LogP contribution in [0.4, 0.5) is 0 Å². The van der Waals surface area contributed by atoms with Gasteiger partial charge in [-0.15, -0.1) is 5.10 Å². The highest BCUT2D eigenvalue weighted by molar-refractivity contribution is 5.17. The van der Waals surface area contributed by atoms with Gasteiger partial charge in [0, 0.05) is 19.1 Å². The van der Waals surface area contributed by atoms with Crippen LogP contribution in [0.2, 0.25) is 0 Å². The highest BCUT2D eigenvalue weighted by atomic mass is 16.5. The number of nitrogens with zero attached hydrogens (tertiary/aromatic N) is 3. The Morgan fingerprint density at radius 2 is 2.00 bits per heavy atom. The Balaban J connectivity index is 1.91. The third-order valence-corrected chi connectivity index (χ3v) is 3.45. The Morgan fingerprint density at radius 1 is 1.25 bits per heavy atom. The molecule has 0 aromatic carbocycles. The van der Waals surface area contributed by atoms with Crippen LogP contribution in [0.3, 0.4) is 0 Å². The molecule has 2 fully saturated rings. The minimum atomic E-state index is -0.000585. The summed E-state index contributed by atoms with van der Waals surface area (Å²) in [6.07, 6.45) is 4.44. The highest BCUT2D eigenvalue weighted by Crippen LogP contribution is 2.39. The number of hydrogen-bond acceptors (Lipinski definition) is 4. The average Bonchev–Trinajstić information content (AvgIpc) is 3.09. The molecule has 88 valence electrons. The molecule has 1 aliphatic heterocycles. The first-order valence-electron chi connectivity index (χ1n) is 6.02. The first-order chi connectivity index (χ1) is 7.90. The molecule has 5 heteroatoms. The van der Waals surface area contributed by atoms with E-state index in [4.69, 9.17) is 4.74 Å². The maximum atomic E-state index is 9.32. The van der Waals surface area contributed by atoms with Crippen molar-refractivity contribution in [2.45, 2.75) is 44.2 Å². The van der Waals surface area contributed by atoms with Crippen LogP contribution in [-0.2, 0) is 11.3 Å². The molecular weight excluding hydrogens is 206 g/mol. The maximum absolute atomic E-state index is 9.32. The molecule has 0 spiro atoms. The van der Waals surface area contributed by atoms with Crippen LogP contribution >= 0.6 is 0 Å². The van der Waals surface area contributed by atoms with Gasteiger partial charge in [-0.2, -0.15) is 0 Å². The Kier molecular flexibility index (Phi) is 2.65. The molecule has 1 aromatic rings. The summed E-state index contributed by atoms with van der Waals surface area (Å²) in [6, 6.07) is 0.533. The number of rotatable bonds is 3. The van der Waals surface area contributed by atoms with Crippen molar-refractivity contribution in [2.24, 2.45) is 0 Å². The predicted molar refractivity (Wildman–Crippen MR) is 57.0 cm³/mol. The van der Waals surface area contributed by atoms with Crippen LogP contribution in [0.1, 0.15) is 49.0 Å². The normalized spacial score (nSPS) is 22.6. The number of aliphatic hydroxyl groups is 1. The van der Waals surface area contributed by atoms with E-state index in [2.05, 4.69) is 10.3 Å². The Hall–Kier alpha value is -0.940. The summed E-state index contributed by atoms with van der Waals surface area (Å²) >= 11 is 0. The van der Waals surface area contributed by atoms with Crippen molar-refractivity contribution < 1.29 is 9.84 Å². The lowest BCUT2D eigenvalue weighted by molar-refractivity contribution is 0.0829. The van der Waals surface area contributed by atoms with Gasteiger partial charge in [0.2, 0.25) is 0 Å². The van der Waals surface area contributed by atoms with E-state index >= 15 is 0 Å². The van der Waals surface area contributed by atoms with E-state index in [1.54, 1.807) is 0 Å². The lowest BCUT2D eigenvalue weighted by Gasteiger charge is -2.23. The second-order valence-electron chi connectivity index (χ2n) is 4.64. The van der Waals surface area contributed by atoms with Gasteiger partial charge < -0.3 is 9.84 Å². The van der Waals surface area contributed by atoms with Crippen LogP contribution in [-0.4, -0.2) is 33.3 Å². The molecule has 1 N–H and O–H groups in total. The standard InChI is InChI=1S/C11H17N3O2/c15-7-10-11(8-3-5-16-6-4-8)14(13-12-10)9-1-2-9/h8-9,15H,1-7H2. The van der Waals surface area contributed by atoms with E-state index in [9.17, 15) is 5.11 Å². The molecule has 0 bridgehead atoms. The minimum Gasteiger partial charge on any atom is -0.390 e. The van der Waals surface area contributed by atoms with Crippen LogP contribution < -0.4 is 0 Å². The molecular formula is C11H17N3O2. The zero-order chi connectivity index (χ0) is 11.0. The Morgan fingerprint density at radius 3 is 2.62 bits per heavy atom. The zero-order valence-electron chi connectivity index (χ0n) is 9.30. The number of aliphatic hydroxyl groups excluding tert-OH is 1. The molecule has 3 rings (SSSR count). The quantitative estimate of drug-likeness (QED) is 0.830. The van der Waals surface area contributed by atoms with E-state index in [0.717, 1.165) is 37.4 Å². The summed E-state index contributed by atoms with van der Waals surface area (Å²) in [5.74, 6) is 0.464. The fourth-order valence-electron chi connectivity index (χ4n) is 2.43. The Bertz CT molecular complexity index is 367. The molecule has 0 unspecified atom stereocenters. The number of ether oxygens (including phenoxy) is 1. The summed E-state index contributed by atoms with van der Waals surface area (Å²) in [5, 5.41) is 17.6. The van der Waals surface area contributed by atoms with Crippen molar-refractivity contribution in [2.75, 3.05) is 13.2 Å². The van der Waals surface area contributed by atoms with Crippen LogP contribution in [0.15, 0.2) is 0 Å². The van der Waals surface area contributed by atoms with Crippen LogP contribution in [0.25, 0.3) is 0 Å². The minimum absolute atomic E-state index is 0.000585. The molecule has 1 aromatic heterocycles. The van der Waals surface area contributed by atoms with Gasteiger partial charge in [-0.1, -0.05) is 5.21 Å². The van der Waals surface area contributed by atoms with E-state index in [-0.39, 0.29) is 6.61 Å². The van der Waals surface area contributed by atoms with Crippen LogP contribution in [0.5, 0.6) is 0 Å². The molecule has 0 atom stereocenters. The van der Waals surface area contributed by atoms with Gasteiger partial charge in [-0.05, 0) is 25.7 Å². The number of aromatic nitrogens is 3. The van der Waals surface area contributed by atoms with E-state index in [1.807, 2.05) is 4.68 Å². The topological polar surface area (TPSA) is 60.2 Å². The SMILES string of the molecule is OCc1nnn(C2CC2)c1C1CCOCC1. The van der Waals surface area contributed by atoms with Gasteiger partial charge in [0.1, 0.15) is 5.69 Å². The van der Waals surface area contributed by atoms with Crippen LogP contribution in [0, 0.1) is 0 Å². The van der Waals surface area contributed by atoms with Crippen molar-refractivity contribution in [1.82, 2.24) is 15.0 Å². The summed E-state index contributed by atoms with van der Waals surface area (Å²) in [6.45, 7) is 1.62. The zero-order valence-corrected chi connectivity index (χ0v) is 9.30. The van der Waals surface area contributed by atoms with Gasteiger partial charge in [0.05, 0.1) is 18.3 Å². The fourth-order valence-corrected chi connectivity index (χ4v) is 2.43. The summed E-state index contributed by atoms with van der Waals surface area (Å²) in [4.78, 5) is 0. The molecule has 0 amide bonds. The smallest absolute Gasteiger partial charge is 0.112 e. The van der Waals surface area contributed by atoms with Gasteiger partial charge in [0.15, 0.2) is 0 Å². The van der Waals surface area contributed by atoms with Crippen molar-refractivity contribution in [3.05, 3.63) is 11.4 Å². The van der Waals surface area contributed by atoms with E-state index < -0.39 is 0 Å². The average molecular weight is 223 g/mol. The summed E-state index contributed by atoms with van der Waals surface area (Å²) in [7, 11) is 0. The molecule has 5 nitrogen and oxygen atoms in total. The van der Waals surface area contributed by atoms with Gasteiger partial charge in [0.25, 0.3) is 0 Å². The van der Waals surface area contributed by atoms with E-state index in [0.29, 0.717) is 12.0 Å². The fraction of sp³-hybridized carbons (Fsp3) is 0.818. The van der Waals surface area contributed by atoms with Crippen molar-refractivity contribution in [1.29, 1.82) is 0 Å². The summed E-state index contributed by atoms with van der Waals surface area (Å²) < 4.78 is 7.42. The molecule has 1 saturated carbocycles. The van der Waals surface area contributed by atoms with Crippen molar-refractivity contribution >= 4 is 0 Å². The lowest BCUT2D eigenvalue weighted by Crippen LogP contribution is -2.18. The van der Waals surface area contributed by atoms with Crippen molar-refractivity contribution in [3.63, 3.8) is 0 Å². The first-order valence-corrected chi connectivity index (χ1v) is 6.02. The summed E-state index contributed by atoms with van der Waals surface area (Å²) in [5.41, 5.74) is 1.92. The largest absolute Gasteiger partial charge is 0.390 e. The van der Waals surface area contributed by atoms with Crippen molar-refractivity contribution in [3.8, 4) is 0 Å². The second kappa shape index (κ2) is 4.14. The second-order valence-corrected chi connectivity index (χ2v) is 4.64. The molecule has 2 heterocycles. The highest BCUT2D eigenvalue weighted by Gasteiger charge is 2.32. The predicted octanol–water partition coefficient (Wildman–Crippen LogP) is 0.999. The van der Waals surface area contributed by atoms with Gasteiger partial charge >= 0.3 is 0 Å². The monoisotopic (exact) mass is 223 g/mol. The third-order valence-electron chi connectivity index (χ3n) is 3.45. The molecule has 1 aliphatic carbocycles. The molecule has 16 heavy (non-hydrogen) atoms. The Labute approximate surface area is 94.4 Å². The molecule has 2 aliphatic rings. The molecule has 0 radical (unpaired) electrons. The maximum Gasteiger partial charge on any atom is 0.112 e. The third kappa shape index (κ3) is 1.74. The first kappa shape index (κ1) is 10.2. The molecule has 1 saturated heterocycles. The lowest BCUT2D eigenvalue weighted by atomic mass is 9.95. The van der Waals surface area contributed by atoms with Gasteiger partial charge in [-0.3, -0.25) is 0 Å². The van der Waals surface area contributed by atoms with Gasteiger partial charge in [-0.25, -0.2) is 4.68 Å².